The number of fused-ring (bicyclic) bond motifs is 2. The zero-order valence-electron chi connectivity index (χ0n) is 34.9. The summed E-state index contributed by atoms with van der Waals surface area (Å²) < 4.78 is 70.6. The minimum absolute atomic E-state index is 0. The lowest BCUT2D eigenvalue weighted by Crippen LogP contribution is -3.02. The van der Waals surface area contributed by atoms with Gasteiger partial charge in [0.1, 0.15) is 6.54 Å². The molecule has 0 saturated carbocycles. The minimum Gasteiger partial charge on any atom is -0.748 e. The molecule has 2 aromatic rings. The van der Waals surface area contributed by atoms with Crippen molar-refractivity contribution in [2.24, 2.45) is 0 Å². The Morgan fingerprint density at radius 2 is 1.35 bits per heavy atom. The number of nitrogens with zero attached hydrogens (tertiary/aromatic N) is 3. The van der Waals surface area contributed by atoms with Crippen LogP contribution in [0.3, 0.4) is 0 Å². The van der Waals surface area contributed by atoms with Gasteiger partial charge >= 0.3 is 5.97 Å². The number of para-hydroxylation sites is 2. The van der Waals surface area contributed by atoms with Gasteiger partial charge in [0.05, 0.1) is 46.8 Å². The van der Waals surface area contributed by atoms with Gasteiger partial charge in [-0.3, -0.25) is 9.59 Å². The number of hydrogen-bond donors (Lipinski definition) is 1. The molecule has 0 spiro atoms. The number of anilines is 1. The third kappa shape index (κ3) is 14.8. The lowest BCUT2D eigenvalue weighted by Gasteiger charge is -2.30. The summed E-state index contributed by atoms with van der Waals surface area (Å²) in [6.45, 7) is 6.99. The van der Waals surface area contributed by atoms with Crippen LogP contribution in [0.15, 0.2) is 84.6 Å². The Kier molecular flexibility index (Phi) is 21.3. The SMILES string of the molecule is C.C.C.CC1(C)C(/C=C/C=C/C=C2\N(CCCS(=O)(=O)[O-])c3ccccc3C2(C)CCCCCC(=O)ON2C(=O)CCC2=O)=[N+](CCCS(=O)(=O)[O-])c2ccccc21.C[NH+](C)C. The maximum absolute atomic E-state index is 12.4. The van der Waals surface area contributed by atoms with E-state index in [1.165, 1.54) is 4.90 Å². The molecule has 62 heavy (non-hydrogen) atoms. The molecular weight excluding hydrogens is 833 g/mol. The lowest BCUT2D eigenvalue weighted by molar-refractivity contribution is -0.836. The number of allylic oxidation sites excluding steroid dienone is 6. The van der Waals surface area contributed by atoms with E-state index in [-0.39, 0.29) is 59.8 Å². The predicted molar refractivity (Wildman–Crippen MR) is 244 cm³/mol. The van der Waals surface area contributed by atoms with Crippen LogP contribution in [0.4, 0.5) is 11.4 Å². The molecule has 14 nitrogen and oxygen atoms in total. The van der Waals surface area contributed by atoms with E-state index in [0.29, 0.717) is 37.4 Å². The first kappa shape index (κ1) is 55.5. The van der Waals surface area contributed by atoms with Crippen LogP contribution >= 0.6 is 0 Å². The first-order valence-corrected chi connectivity index (χ1v) is 23.2. The monoisotopic (exact) mass is 902 g/mol. The van der Waals surface area contributed by atoms with Gasteiger partial charge in [-0.2, -0.15) is 4.58 Å². The van der Waals surface area contributed by atoms with Crippen LogP contribution in [0, 0.1) is 0 Å². The van der Waals surface area contributed by atoms with E-state index in [1.807, 2.05) is 78.9 Å². The topological polar surface area (TPSA) is 189 Å². The van der Waals surface area contributed by atoms with Crippen LogP contribution in [-0.4, -0.2) is 105 Å². The summed E-state index contributed by atoms with van der Waals surface area (Å²) in [5.74, 6) is -2.63. The van der Waals surface area contributed by atoms with Gasteiger partial charge in [0.15, 0.2) is 5.71 Å². The molecule has 2 amide bonds. The fourth-order valence-corrected chi connectivity index (χ4v) is 8.75. The van der Waals surface area contributed by atoms with E-state index < -0.39 is 54.9 Å². The summed E-state index contributed by atoms with van der Waals surface area (Å²) in [4.78, 5) is 44.4. The predicted octanol–water partition coefficient (Wildman–Crippen LogP) is 5.93. The molecule has 3 heterocycles. The summed E-state index contributed by atoms with van der Waals surface area (Å²) >= 11 is 0. The van der Waals surface area contributed by atoms with Crippen molar-refractivity contribution in [3.05, 3.63) is 95.7 Å². The van der Waals surface area contributed by atoms with Crippen LogP contribution in [0.1, 0.15) is 112 Å². The highest BCUT2D eigenvalue weighted by Crippen LogP contribution is 2.50. The van der Waals surface area contributed by atoms with Crippen LogP contribution in [0.5, 0.6) is 0 Å². The highest BCUT2D eigenvalue weighted by atomic mass is 32.2. The molecule has 3 aliphatic heterocycles. The number of unbranched alkanes of at least 4 members (excludes halogenated alkanes) is 2. The van der Waals surface area contributed by atoms with E-state index in [4.69, 9.17) is 4.84 Å². The fraction of sp³-hybridized carbons (Fsp3) is 0.522. The molecule has 1 unspecified atom stereocenters. The Morgan fingerprint density at radius 3 is 1.97 bits per heavy atom. The van der Waals surface area contributed by atoms with E-state index in [0.717, 1.165) is 40.3 Å². The van der Waals surface area contributed by atoms with Gasteiger partial charge in [-0.1, -0.05) is 89.7 Å². The number of amides is 2. The van der Waals surface area contributed by atoms with E-state index in [1.54, 1.807) is 0 Å². The normalized spacial score (nSPS) is 18.7. The van der Waals surface area contributed by atoms with Crippen LogP contribution < -0.4 is 9.80 Å². The number of hydrogen-bond acceptors (Lipinski definition) is 11. The third-order valence-electron chi connectivity index (χ3n) is 10.5. The van der Waals surface area contributed by atoms with E-state index in [9.17, 15) is 40.3 Å². The molecule has 1 atom stereocenters. The standard InChI is InChI=1S/C40H49N3O10S2.C3H9N.3CH4/c1-39(2)30-16-9-11-18-32(30)41(26-14-28-54(47,48)49)34(39)20-6-4-7-21-35-40(3,25-13-5-8-22-38(46)53-43-36(44)23-24-37(43)45)31-17-10-12-19-33(31)42(35)27-15-29-55(50,51)52;1-4(2)3;;;/h4,6-7,9-12,16-21H,5,8,13-15,22-29H2,1-3H3,(H-,47,48,49,50,51,52);1-3H3;3*1H4. The summed E-state index contributed by atoms with van der Waals surface area (Å²) in [6.07, 6.45) is 12.7. The number of rotatable bonds is 18. The van der Waals surface area contributed by atoms with Crippen molar-refractivity contribution in [2.45, 2.75) is 112 Å². The van der Waals surface area contributed by atoms with Crippen molar-refractivity contribution in [1.82, 2.24) is 5.06 Å². The van der Waals surface area contributed by atoms with Gasteiger partial charge in [0, 0.05) is 78.2 Å². The molecule has 16 heteroatoms. The van der Waals surface area contributed by atoms with Crippen molar-refractivity contribution >= 4 is 55.1 Å². The Morgan fingerprint density at radius 1 is 0.790 bits per heavy atom. The van der Waals surface area contributed by atoms with Gasteiger partial charge in [0.2, 0.25) is 5.69 Å². The largest absolute Gasteiger partial charge is 0.748 e. The number of carbonyl (C=O) groups is 3. The molecule has 1 fully saturated rings. The smallest absolute Gasteiger partial charge is 0.333 e. The zero-order chi connectivity index (χ0) is 43.6. The lowest BCUT2D eigenvalue weighted by atomic mass is 9.77. The molecule has 0 radical (unpaired) electrons. The van der Waals surface area contributed by atoms with Gasteiger partial charge in [-0.05, 0) is 57.7 Å². The van der Waals surface area contributed by atoms with Crippen molar-refractivity contribution < 1.29 is 54.6 Å². The molecule has 5 rings (SSSR count). The minimum atomic E-state index is -4.41. The highest BCUT2D eigenvalue weighted by Gasteiger charge is 2.44. The zero-order valence-corrected chi connectivity index (χ0v) is 36.6. The molecular formula is C46H70N4O10S2. The average Bonchev–Trinajstić information content (AvgIpc) is 3.66. The quantitative estimate of drug-likeness (QED) is 0.0614. The summed E-state index contributed by atoms with van der Waals surface area (Å²) in [7, 11) is -2.51. The second kappa shape index (κ2) is 23.8. The van der Waals surface area contributed by atoms with Crippen LogP contribution in [0.25, 0.3) is 0 Å². The second-order valence-corrected chi connectivity index (χ2v) is 19.4. The van der Waals surface area contributed by atoms with Crippen molar-refractivity contribution in [3.8, 4) is 0 Å². The van der Waals surface area contributed by atoms with Gasteiger partial charge in [0.25, 0.3) is 11.8 Å². The maximum atomic E-state index is 12.4. The number of hydroxylamine groups is 2. The van der Waals surface area contributed by atoms with Crippen LogP contribution in [0.2, 0.25) is 0 Å². The van der Waals surface area contributed by atoms with Crippen LogP contribution in [-0.2, 0) is 50.3 Å². The van der Waals surface area contributed by atoms with Crippen molar-refractivity contribution in [2.75, 3.05) is 50.6 Å². The molecule has 2 aromatic carbocycles. The summed E-state index contributed by atoms with van der Waals surface area (Å²) in [6, 6.07) is 15.8. The third-order valence-corrected chi connectivity index (χ3v) is 12.1. The van der Waals surface area contributed by atoms with Gasteiger partial charge in [-0.15, -0.1) is 5.06 Å². The van der Waals surface area contributed by atoms with Gasteiger partial charge in [-0.25, -0.2) is 21.6 Å². The maximum Gasteiger partial charge on any atom is 0.333 e. The fourth-order valence-electron chi connectivity index (χ4n) is 7.79. The molecule has 346 valence electrons. The first-order valence-electron chi connectivity index (χ1n) is 20.0. The van der Waals surface area contributed by atoms with Gasteiger partial charge < -0.3 is 23.7 Å². The van der Waals surface area contributed by atoms with E-state index in [2.05, 4.69) is 51.4 Å². The molecule has 1 N–H and O–H groups in total. The number of nitrogens with one attached hydrogen (secondary N) is 1. The number of imide groups is 1. The Bertz CT molecular complexity index is 2190. The molecule has 3 aliphatic rings. The number of carbonyl (C=O) groups excluding carboxylic acids is 3. The Hall–Kier alpha value is -4.48. The molecule has 0 aromatic heterocycles. The first-order chi connectivity index (χ1) is 27.7. The number of quaternary nitrogens is 1. The Labute approximate surface area is 371 Å². The van der Waals surface area contributed by atoms with Crippen molar-refractivity contribution in [1.29, 1.82) is 0 Å². The highest BCUT2D eigenvalue weighted by molar-refractivity contribution is 7.85. The Balaban J connectivity index is 0.00000263. The summed E-state index contributed by atoms with van der Waals surface area (Å²) in [5, 5.41) is 0.555. The van der Waals surface area contributed by atoms with E-state index >= 15 is 0 Å². The number of benzene rings is 2. The molecule has 0 bridgehead atoms. The second-order valence-electron chi connectivity index (χ2n) is 16.3. The summed E-state index contributed by atoms with van der Waals surface area (Å²) in [5.41, 5.74) is 5.02. The average molecular weight is 903 g/mol. The van der Waals surface area contributed by atoms with Crippen molar-refractivity contribution in [3.63, 3.8) is 0 Å². The molecule has 0 aliphatic carbocycles. The molecule has 1 saturated heterocycles.